The monoisotopic (exact) mass is 480 g/mol. The number of carbonyl (C=O) groups is 2. The Kier molecular flexibility index (Phi) is 7.29. The Morgan fingerprint density at radius 1 is 1.00 bits per heavy atom. The van der Waals surface area contributed by atoms with E-state index in [0.29, 0.717) is 5.56 Å². The summed E-state index contributed by atoms with van der Waals surface area (Å²) in [5.74, 6) is -7.31. The number of thioether (sulfide) groups is 1. The Hall–Kier alpha value is -3.82. The van der Waals surface area contributed by atoms with Crippen LogP contribution >= 0.6 is 11.8 Å². The summed E-state index contributed by atoms with van der Waals surface area (Å²) in [5.41, 5.74) is -1.80. The number of benzene rings is 2. The summed E-state index contributed by atoms with van der Waals surface area (Å²) in [6.07, 6.45) is 1.88. The molecule has 0 heterocycles. The van der Waals surface area contributed by atoms with Gasteiger partial charge in [-0.05, 0) is 41.6 Å². The van der Waals surface area contributed by atoms with Gasteiger partial charge in [0.15, 0.2) is 5.41 Å². The minimum atomic E-state index is -2.06. The van der Waals surface area contributed by atoms with E-state index >= 15 is 0 Å². The molecule has 0 saturated carbocycles. The second-order valence-corrected chi connectivity index (χ2v) is 8.50. The van der Waals surface area contributed by atoms with Gasteiger partial charge in [0.2, 0.25) is 0 Å². The Morgan fingerprint density at radius 3 is 2.03 bits per heavy atom. The van der Waals surface area contributed by atoms with Gasteiger partial charge >= 0.3 is 11.9 Å². The first-order chi connectivity index (χ1) is 16.3. The lowest BCUT2D eigenvalue weighted by Gasteiger charge is -2.44. The van der Waals surface area contributed by atoms with E-state index in [2.05, 4.69) is 0 Å². The van der Waals surface area contributed by atoms with Crippen molar-refractivity contribution in [2.75, 3.05) is 20.5 Å². The van der Waals surface area contributed by atoms with Gasteiger partial charge in [-0.3, -0.25) is 4.79 Å². The largest absolute Gasteiger partial charge is 0.511 e. The second kappa shape index (κ2) is 9.98. The van der Waals surface area contributed by atoms with Crippen LogP contribution in [0, 0.1) is 39.8 Å². The molecule has 1 aliphatic carbocycles. The quantitative estimate of drug-likeness (QED) is 0.498. The number of aliphatic hydroxyl groups excluding tert-OH is 1. The van der Waals surface area contributed by atoms with Gasteiger partial charge in [0.05, 0.1) is 37.8 Å². The molecule has 0 bridgehead atoms. The minimum absolute atomic E-state index is 0.251. The summed E-state index contributed by atoms with van der Waals surface area (Å²) in [5, 5.41) is 32.1. The molecule has 3 atom stereocenters. The summed E-state index contributed by atoms with van der Waals surface area (Å²) >= 11 is 1.47. The van der Waals surface area contributed by atoms with Crippen LogP contribution in [0.4, 0.5) is 4.39 Å². The van der Waals surface area contributed by atoms with Crippen LogP contribution < -0.4 is 0 Å². The van der Waals surface area contributed by atoms with Crippen LogP contribution in [0.25, 0.3) is 0 Å². The molecule has 0 amide bonds. The fourth-order valence-corrected chi connectivity index (χ4v) is 4.90. The third-order valence-electron chi connectivity index (χ3n) is 6.05. The van der Waals surface area contributed by atoms with E-state index in [-0.39, 0.29) is 11.1 Å². The lowest BCUT2D eigenvalue weighted by molar-refractivity contribution is -0.147. The molecule has 7 nitrogen and oxygen atoms in total. The van der Waals surface area contributed by atoms with Gasteiger partial charge in [-0.15, -0.1) is 11.8 Å². The molecule has 0 fully saturated rings. The zero-order chi connectivity index (χ0) is 25.0. The molecule has 174 valence electrons. The zero-order valence-corrected chi connectivity index (χ0v) is 19.4. The highest BCUT2D eigenvalue weighted by Gasteiger charge is 2.61. The highest BCUT2D eigenvalue weighted by molar-refractivity contribution is 7.98. The van der Waals surface area contributed by atoms with Gasteiger partial charge < -0.3 is 14.6 Å². The number of methoxy groups -OCH3 is 2. The second-order valence-electron chi connectivity index (χ2n) is 7.62. The molecule has 2 aromatic rings. The number of esters is 2. The number of aliphatic hydroxyl groups is 1. The van der Waals surface area contributed by atoms with Gasteiger partial charge in [0.1, 0.15) is 17.5 Å². The molecule has 0 saturated heterocycles. The number of nitrogens with zero attached hydrogens (tertiary/aromatic N) is 2. The molecular weight excluding hydrogens is 459 g/mol. The summed E-state index contributed by atoms with van der Waals surface area (Å²) in [6, 6.07) is 15.8. The van der Waals surface area contributed by atoms with E-state index in [1.165, 1.54) is 23.9 Å². The smallest absolute Gasteiger partial charge is 0.337 e. The fraction of sp³-hybridized carbons (Fsp3) is 0.280. The molecule has 34 heavy (non-hydrogen) atoms. The van der Waals surface area contributed by atoms with Crippen molar-refractivity contribution in [1.29, 1.82) is 10.5 Å². The standard InChI is InChI=1S/C25H21FN2O5S/c1-32-23(30)18-20(14-4-8-16(26)9-5-14)25(12-27,13-28)21(19(22(18)29)24(31)33-2)15-6-10-17(34-3)11-7-15/h4-11,18,20-21,29H,1-3H3/t18-,20-,21-/m1/s1. The highest BCUT2D eigenvalue weighted by atomic mass is 32.2. The molecule has 3 rings (SSSR count). The van der Waals surface area contributed by atoms with Crippen LogP contribution in [0.5, 0.6) is 0 Å². The number of carbonyl (C=O) groups excluding carboxylic acids is 2. The number of rotatable bonds is 5. The lowest BCUT2D eigenvalue weighted by Crippen LogP contribution is -2.47. The molecule has 1 N–H and O–H groups in total. The van der Waals surface area contributed by atoms with Gasteiger partial charge in [-0.25, -0.2) is 9.18 Å². The van der Waals surface area contributed by atoms with Crippen LogP contribution in [-0.2, 0) is 19.1 Å². The first-order valence-electron chi connectivity index (χ1n) is 10.1. The molecular formula is C25H21FN2O5S. The number of ether oxygens (including phenoxy) is 2. The molecule has 0 aromatic heterocycles. The SMILES string of the molecule is COC(=O)C1=C(O)[C@H](C(=O)OC)[C@@H](c2ccc(F)cc2)C(C#N)(C#N)[C@@H]1c1ccc(SC)cc1. The first kappa shape index (κ1) is 24.8. The van der Waals surface area contributed by atoms with Crippen molar-refractivity contribution < 1.29 is 28.6 Å². The van der Waals surface area contributed by atoms with E-state index in [4.69, 9.17) is 9.47 Å². The highest BCUT2D eigenvalue weighted by Crippen LogP contribution is 2.59. The number of halogens is 1. The van der Waals surface area contributed by atoms with Crippen LogP contribution in [0.15, 0.2) is 64.8 Å². The number of nitriles is 2. The van der Waals surface area contributed by atoms with Gasteiger partial charge in [0, 0.05) is 10.8 Å². The lowest BCUT2D eigenvalue weighted by atomic mass is 9.54. The van der Waals surface area contributed by atoms with Gasteiger partial charge in [-0.2, -0.15) is 10.5 Å². The van der Waals surface area contributed by atoms with E-state index in [1.807, 2.05) is 18.4 Å². The van der Waals surface area contributed by atoms with E-state index in [1.54, 1.807) is 24.3 Å². The molecule has 1 aliphatic rings. The minimum Gasteiger partial charge on any atom is -0.511 e. The van der Waals surface area contributed by atoms with Crippen molar-refractivity contribution in [2.24, 2.45) is 11.3 Å². The van der Waals surface area contributed by atoms with Crippen molar-refractivity contribution in [2.45, 2.75) is 16.7 Å². The maximum Gasteiger partial charge on any atom is 0.337 e. The average Bonchev–Trinajstić information content (AvgIpc) is 2.87. The van der Waals surface area contributed by atoms with Crippen LogP contribution in [0.1, 0.15) is 23.0 Å². The van der Waals surface area contributed by atoms with Crippen LogP contribution in [-0.4, -0.2) is 37.5 Å². The molecule has 0 spiro atoms. The normalized spacial score (nSPS) is 21.2. The van der Waals surface area contributed by atoms with Gasteiger partial charge in [0.25, 0.3) is 0 Å². The fourth-order valence-electron chi connectivity index (χ4n) is 4.50. The van der Waals surface area contributed by atoms with Crippen molar-refractivity contribution in [3.8, 4) is 12.1 Å². The number of hydrogen-bond acceptors (Lipinski definition) is 8. The van der Waals surface area contributed by atoms with Gasteiger partial charge in [-0.1, -0.05) is 24.3 Å². The predicted octanol–water partition coefficient (Wildman–Crippen LogP) is 4.24. The van der Waals surface area contributed by atoms with Crippen molar-refractivity contribution in [3.63, 3.8) is 0 Å². The van der Waals surface area contributed by atoms with E-state index in [9.17, 15) is 29.6 Å². The summed E-state index contributed by atoms with van der Waals surface area (Å²) < 4.78 is 23.4. The average molecular weight is 481 g/mol. The number of hydrogen-bond donors (Lipinski definition) is 1. The molecule has 0 unspecified atom stereocenters. The maximum atomic E-state index is 13.7. The maximum absolute atomic E-state index is 13.7. The topological polar surface area (TPSA) is 120 Å². The molecule has 0 aliphatic heterocycles. The molecule has 0 radical (unpaired) electrons. The van der Waals surface area contributed by atoms with Crippen molar-refractivity contribution in [3.05, 3.63) is 76.8 Å². The van der Waals surface area contributed by atoms with Crippen molar-refractivity contribution in [1.82, 2.24) is 0 Å². The third-order valence-corrected chi connectivity index (χ3v) is 6.79. The first-order valence-corrected chi connectivity index (χ1v) is 11.3. The third kappa shape index (κ3) is 4.00. The van der Waals surface area contributed by atoms with E-state index < -0.39 is 46.7 Å². The summed E-state index contributed by atoms with van der Waals surface area (Å²) in [7, 11) is 2.18. The van der Waals surface area contributed by atoms with Crippen LogP contribution in [0.2, 0.25) is 0 Å². The Balaban J connectivity index is 2.45. The summed E-state index contributed by atoms with van der Waals surface area (Å²) in [4.78, 5) is 26.6. The van der Waals surface area contributed by atoms with Crippen LogP contribution in [0.3, 0.4) is 0 Å². The summed E-state index contributed by atoms with van der Waals surface area (Å²) in [6.45, 7) is 0. The Bertz CT molecular complexity index is 1200. The Morgan fingerprint density at radius 2 is 1.56 bits per heavy atom. The van der Waals surface area contributed by atoms with E-state index in [0.717, 1.165) is 31.2 Å². The Labute approximate surface area is 200 Å². The van der Waals surface area contributed by atoms with Crippen molar-refractivity contribution >= 4 is 23.7 Å². The predicted molar refractivity (Wildman–Crippen MR) is 121 cm³/mol. The zero-order valence-electron chi connectivity index (χ0n) is 18.6. The molecule has 2 aromatic carbocycles. The molecule has 9 heteroatoms.